The molecule has 3 aromatic heterocycles. The summed E-state index contributed by atoms with van der Waals surface area (Å²) in [6.45, 7) is 4.16. The van der Waals surface area contributed by atoms with E-state index >= 15 is 0 Å². The van der Waals surface area contributed by atoms with Crippen molar-refractivity contribution in [2.24, 2.45) is 0 Å². The Morgan fingerprint density at radius 3 is 0.909 bits per heavy atom. The smallest absolute Gasteiger partial charge is 0.164 e. The predicted molar refractivity (Wildman–Crippen MR) is 224 cm³/mol. The van der Waals surface area contributed by atoms with Crippen molar-refractivity contribution in [1.82, 2.24) is 29.9 Å². The maximum Gasteiger partial charge on any atom is 0.164 e. The Labute approximate surface area is 324 Å². The number of benzene rings is 6. The van der Waals surface area contributed by atoms with Crippen molar-refractivity contribution in [2.45, 2.75) is 13.8 Å². The van der Waals surface area contributed by atoms with Gasteiger partial charge in [0.2, 0.25) is 0 Å². The Morgan fingerprint density at radius 2 is 0.564 bits per heavy atom. The largest absolute Gasteiger partial charge is 0.208 e. The van der Waals surface area contributed by atoms with Crippen LogP contribution in [0.4, 0.5) is 0 Å². The molecule has 0 spiro atoms. The summed E-state index contributed by atoms with van der Waals surface area (Å²) in [5, 5.41) is 0. The summed E-state index contributed by atoms with van der Waals surface area (Å²) in [6, 6.07) is 58.0. The van der Waals surface area contributed by atoms with Gasteiger partial charge < -0.3 is 0 Å². The summed E-state index contributed by atoms with van der Waals surface area (Å²) in [5.74, 6) is 3.90. The molecule has 9 aromatic rings. The summed E-state index contributed by atoms with van der Waals surface area (Å²) in [7, 11) is 0. The second kappa shape index (κ2) is 14.8. The molecule has 6 nitrogen and oxygen atoms in total. The van der Waals surface area contributed by atoms with Crippen LogP contribution in [-0.4, -0.2) is 29.9 Å². The molecular weight excluding hydrogens is 693 g/mol. The number of hydrogen-bond acceptors (Lipinski definition) is 7. The van der Waals surface area contributed by atoms with E-state index in [0.29, 0.717) is 34.9 Å². The molecule has 7 heteroatoms. The third kappa shape index (κ3) is 7.34. The molecular formula is C48H34N6S. The molecule has 0 aliphatic rings. The van der Waals surface area contributed by atoms with Crippen molar-refractivity contribution >= 4 is 11.3 Å². The first kappa shape index (κ1) is 33.8. The quantitative estimate of drug-likeness (QED) is 0.155. The predicted octanol–water partition coefficient (Wildman–Crippen LogP) is 12.1. The summed E-state index contributed by atoms with van der Waals surface area (Å²) in [4.78, 5) is 31.8. The molecule has 0 atom stereocenters. The lowest BCUT2D eigenvalue weighted by atomic mass is 10.1. The highest BCUT2D eigenvalue weighted by atomic mass is 32.1. The van der Waals surface area contributed by atoms with Gasteiger partial charge in [0.05, 0.1) is 0 Å². The summed E-state index contributed by atoms with van der Waals surface area (Å²) >= 11 is 1.76. The first-order valence-corrected chi connectivity index (χ1v) is 18.9. The van der Waals surface area contributed by atoms with Gasteiger partial charge in [-0.25, -0.2) is 29.9 Å². The molecule has 0 aliphatic heterocycles. The first-order valence-electron chi connectivity index (χ1n) is 18.1. The minimum Gasteiger partial charge on any atom is -0.208 e. The third-order valence-corrected chi connectivity index (χ3v) is 10.5. The van der Waals surface area contributed by atoms with Crippen molar-refractivity contribution in [2.75, 3.05) is 0 Å². The maximum atomic E-state index is 4.93. The molecule has 0 unspecified atom stereocenters. The van der Waals surface area contributed by atoms with E-state index in [4.69, 9.17) is 29.9 Å². The van der Waals surface area contributed by atoms with Gasteiger partial charge >= 0.3 is 0 Å². The van der Waals surface area contributed by atoms with Crippen LogP contribution in [0.1, 0.15) is 11.1 Å². The highest BCUT2D eigenvalue weighted by molar-refractivity contribution is 7.18. The number of aromatic nitrogens is 6. The van der Waals surface area contributed by atoms with E-state index in [9.17, 15) is 0 Å². The van der Waals surface area contributed by atoms with E-state index in [-0.39, 0.29) is 0 Å². The number of thiophene rings is 1. The zero-order valence-electron chi connectivity index (χ0n) is 30.3. The normalized spacial score (nSPS) is 11.1. The van der Waals surface area contributed by atoms with Gasteiger partial charge in [0, 0.05) is 43.1 Å². The molecule has 0 saturated carbocycles. The van der Waals surface area contributed by atoms with Gasteiger partial charge in [-0.1, -0.05) is 157 Å². The molecule has 262 valence electrons. The second-order valence-corrected chi connectivity index (χ2v) is 14.5. The van der Waals surface area contributed by atoms with Gasteiger partial charge in [-0.15, -0.1) is 11.3 Å². The summed E-state index contributed by atoms with van der Waals surface area (Å²) in [5.41, 5.74) is 10.3. The van der Waals surface area contributed by atoms with Gasteiger partial charge in [0.1, 0.15) is 0 Å². The highest BCUT2D eigenvalue weighted by Gasteiger charge is 2.15. The molecule has 55 heavy (non-hydrogen) atoms. The molecule has 9 rings (SSSR count). The van der Waals surface area contributed by atoms with Crippen LogP contribution in [0.5, 0.6) is 0 Å². The molecule has 6 aromatic carbocycles. The Hall–Kier alpha value is -6.96. The second-order valence-electron chi connectivity index (χ2n) is 13.4. The van der Waals surface area contributed by atoms with E-state index in [1.807, 2.05) is 84.9 Å². The minimum atomic E-state index is 0.643. The topological polar surface area (TPSA) is 77.3 Å². The molecule has 0 amide bonds. The Balaban J connectivity index is 0.991. The van der Waals surface area contributed by atoms with Crippen LogP contribution in [0.2, 0.25) is 0 Å². The van der Waals surface area contributed by atoms with Crippen molar-refractivity contribution in [1.29, 1.82) is 0 Å². The number of nitrogens with zero attached hydrogens (tertiary/aromatic N) is 6. The van der Waals surface area contributed by atoms with Gasteiger partial charge in [-0.05, 0) is 49.2 Å². The lowest BCUT2D eigenvalue weighted by molar-refractivity contribution is 1.07. The maximum absolute atomic E-state index is 4.93. The summed E-state index contributed by atoms with van der Waals surface area (Å²) < 4.78 is 0. The average molecular weight is 727 g/mol. The zero-order chi connectivity index (χ0) is 37.1. The highest BCUT2D eigenvalue weighted by Crippen LogP contribution is 2.36. The van der Waals surface area contributed by atoms with Gasteiger partial charge in [0.15, 0.2) is 34.9 Å². The fraction of sp³-hybridized carbons (Fsp3) is 0.0417. The van der Waals surface area contributed by atoms with Crippen LogP contribution in [-0.2, 0) is 0 Å². The molecule has 0 fully saturated rings. The van der Waals surface area contributed by atoms with Crippen LogP contribution in [0, 0.1) is 13.8 Å². The van der Waals surface area contributed by atoms with E-state index in [1.165, 1.54) is 9.75 Å². The van der Waals surface area contributed by atoms with Crippen LogP contribution in [0.3, 0.4) is 0 Å². The number of aryl methyl sites for hydroxylation is 2. The SMILES string of the molecule is Cc1cccc(-c2nc(-c3ccccc3)nc(-c3ccc(-c4ccc(-c5ccc(-c6nc(-c7ccccc7)nc(-c7cccc(C)c7)n6)cc5)s4)cc3)n2)c1. The van der Waals surface area contributed by atoms with E-state index < -0.39 is 0 Å². The van der Waals surface area contributed by atoms with Crippen molar-refractivity contribution in [3.63, 3.8) is 0 Å². The van der Waals surface area contributed by atoms with E-state index in [1.54, 1.807) is 11.3 Å². The van der Waals surface area contributed by atoms with Gasteiger partial charge in [-0.3, -0.25) is 0 Å². The zero-order valence-corrected chi connectivity index (χ0v) is 31.1. The molecule has 0 aliphatic carbocycles. The molecule has 0 N–H and O–H groups in total. The number of hydrogen-bond donors (Lipinski definition) is 0. The molecule has 0 bridgehead atoms. The molecule has 3 heterocycles. The van der Waals surface area contributed by atoms with Crippen LogP contribution < -0.4 is 0 Å². The van der Waals surface area contributed by atoms with E-state index in [0.717, 1.165) is 55.6 Å². The molecule has 0 saturated heterocycles. The lowest BCUT2D eigenvalue weighted by Gasteiger charge is -2.09. The standard InChI is InChI=1S/C48H34N6S/c1-31-11-9-17-39(29-31)47-51-43(35-13-5-3-6-14-35)49-45(53-47)37-23-19-33(20-24-37)41-27-28-42(55-41)34-21-25-38(26-22-34)46-50-44(36-15-7-4-8-16-36)52-48(54-46)40-18-10-12-32(2)30-40/h3-30H,1-2H3. The fourth-order valence-corrected chi connectivity index (χ4v) is 7.50. The van der Waals surface area contributed by atoms with Gasteiger partial charge in [0.25, 0.3) is 0 Å². The van der Waals surface area contributed by atoms with Crippen LogP contribution >= 0.6 is 11.3 Å². The van der Waals surface area contributed by atoms with Crippen molar-refractivity contribution in [3.05, 3.63) is 181 Å². The van der Waals surface area contributed by atoms with E-state index in [2.05, 4.69) is 98.8 Å². The average Bonchev–Trinajstić information content (AvgIpc) is 3.75. The summed E-state index contributed by atoms with van der Waals surface area (Å²) in [6.07, 6.45) is 0. The van der Waals surface area contributed by atoms with Crippen LogP contribution in [0.15, 0.2) is 170 Å². The molecule has 0 radical (unpaired) electrons. The minimum absolute atomic E-state index is 0.643. The number of rotatable bonds is 8. The third-order valence-electron chi connectivity index (χ3n) is 9.35. The fourth-order valence-electron chi connectivity index (χ4n) is 6.48. The van der Waals surface area contributed by atoms with Gasteiger partial charge in [-0.2, -0.15) is 0 Å². The van der Waals surface area contributed by atoms with Crippen LogP contribution in [0.25, 0.3) is 89.2 Å². The van der Waals surface area contributed by atoms with Crippen molar-refractivity contribution < 1.29 is 0 Å². The van der Waals surface area contributed by atoms with Crippen molar-refractivity contribution in [3.8, 4) is 89.2 Å². The monoisotopic (exact) mass is 726 g/mol. The lowest BCUT2D eigenvalue weighted by Crippen LogP contribution is -2.00. The first-order chi connectivity index (χ1) is 27.0. The Bertz CT molecular complexity index is 2570. The Kier molecular flexibility index (Phi) is 9.12. The Morgan fingerprint density at radius 1 is 0.273 bits per heavy atom.